The van der Waals surface area contributed by atoms with Crippen LogP contribution in [-0.4, -0.2) is 37.1 Å². The summed E-state index contributed by atoms with van der Waals surface area (Å²) in [5, 5.41) is 6.43. The number of amides is 1. The van der Waals surface area contributed by atoms with Crippen molar-refractivity contribution in [3.05, 3.63) is 41.0 Å². The molecule has 146 valence electrons. The molecular weight excluding hydrogens is 362 g/mol. The van der Waals surface area contributed by atoms with Crippen molar-refractivity contribution in [1.82, 2.24) is 15.6 Å². The van der Waals surface area contributed by atoms with Gasteiger partial charge in [0.2, 0.25) is 5.91 Å². The molecule has 2 N–H and O–H groups in total. The molecule has 7 heteroatoms. The number of methoxy groups -OCH3 is 1. The van der Waals surface area contributed by atoms with Gasteiger partial charge in [0, 0.05) is 0 Å². The van der Waals surface area contributed by atoms with Gasteiger partial charge in [-0.05, 0) is 43.9 Å². The van der Waals surface area contributed by atoms with Gasteiger partial charge in [-0.25, -0.2) is 4.98 Å². The van der Waals surface area contributed by atoms with Crippen molar-refractivity contribution in [3.8, 4) is 10.4 Å². The van der Waals surface area contributed by atoms with Crippen molar-refractivity contribution in [3.63, 3.8) is 0 Å². The third kappa shape index (κ3) is 5.87. The molecule has 2 heterocycles. The van der Waals surface area contributed by atoms with Crippen LogP contribution in [0.4, 0.5) is 0 Å². The average Bonchev–Trinajstić information content (AvgIpc) is 3.38. The van der Waals surface area contributed by atoms with Gasteiger partial charge in [-0.15, -0.1) is 11.3 Å². The summed E-state index contributed by atoms with van der Waals surface area (Å²) in [5.41, 5.74) is 5.29. The lowest BCUT2D eigenvalue weighted by molar-refractivity contribution is -0.126. The number of hydrogen-bond donors (Lipinski definition) is 2. The number of aromatic nitrogens is 1. The fourth-order valence-electron chi connectivity index (χ4n) is 3.05. The fourth-order valence-corrected chi connectivity index (χ4v) is 3.86. The van der Waals surface area contributed by atoms with Crippen molar-refractivity contribution in [2.75, 3.05) is 13.7 Å². The molecule has 2 unspecified atom stereocenters. The lowest BCUT2D eigenvalue weighted by Crippen LogP contribution is -2.41. The van der Waals surface area contributed by atoms with E-state index in [0.717, 1.165) is 37.1 Å². The molecule has 1 fully saturated rings. The van der Waals surface area contributed by atoms with Crippen LogP contribution in [0.15, 0.2) is 29.8 Å². The van der Waals surface area contributed by atoms with E-state index in [9.17, 15) is 4.79 Å². The molecule has 0 radical (unpaired) electrons. The number of rotatable bonds is 6. The highest BCUT2D eigenvalue weighted by atomic mass is 32.1. The second kappa shape index (κ2) is 10.8. The standard InChI is InChI=1S/C18H23N3OS.C2H4O2/c1-3-15(21-18(22)16-5-4-10-19-16)13-6-8-14(9-7-13)17-12(2)20-11-23-17;1-4-2-3/h6-9,11,15-16,19H,3-5,10H2,1-2H3,(H,21,22);2H,1H3. The van der Waals surface area contributed by atoms with Crippen molar-refractivity contribution in [1.29, 1.82) is 0 Å². The van der Waals surface area contributed by atoms with Gasteiger partial charge in [0.1, 0.15) is 0 Å². The van der Waals surface area contributed by atoms with Crippen LogP contribution in [0.25, 0.3) is 10.4 Å². The van der Waals surface area contributed by atoms with Gasteiger partial charge in [-0.1, -0.05) is 31.2 Å². The highest BCUT2D eigenvalue weighted by Gasteiger charge is 2.24. The molecule has 1 saturated heterocycles. The molecule has 0 spiro atoms. The Morgan fingerprint density at radius 2 is 2.15 bits per heavy atom. The van der Waals surface area contributed by atoms with Crippen molar-refractivity contribution < 1.29 is 14.3 Å². The maximum Gasteiger partial charge on any atom is 0.292 e. The maximum absolute atomic E-state index is 12.3. The van der Waals surface area contributed by atoms with E-state index in [1.807, 2.05) is 12.4 Å². The van der Waals surface area contributed by atoms with E-state index >= 15 is 0 Å². The van der Waals surface area contributed by atoms with Crippen molar-refractivity contribution in [2.45, 2.75) is 45.2 Å². The smallest absolute Gasteiger partial charge is 0.292 e. The number of aryl methyl sites for hydroxylation is 1. The molecular formula is C20H27N3O3S. The fraction of sp³-hybridized carbons (Fsp3) is 0.450. The SMILES string of the molecule is CCC(NC(=O)C1CCCN1)c1ccc(-c2scnc2C)cc1.COC=O. The molecule has 1 aliphatic heterocycles. The van der Waals surface area contributed by atoms with Crippen molar-refractivity contribution >= 4 is 23.7 Å². The van der Waals surface area contributed by atoms with Gasteiger partial charge >= 0.3 is 0 Å². The highest BCUT2D eigenvalue weighted by molar-refractivity contribution is 7.13. The zero-order valence-corrected chi connectivity index (χ0v) is 16.8. The Balaban J connectivity index is 0.000000596. The molecule has 0 aliphatic carbocycles. The summed E-state index contributed by atoms with van der Waals surface area (Å²) >= 11 is 1.66. The number of nitrogens with zero attached hydrogens (tertiary/aromatic N) is 1. The Morgan fingerprint density at radius 1 is 1.44 bits per heavy atom. The van der Waals surface area contributed by atoms with E-state index < -0.39 is 0 Å². The van der Waals surface area contributed by atoms with Gasteiger partial charge in [-0.2, -0.15) is 0 Å². The van der Waals surface area contributed by atoms with E-state index in [4.69, 9.17) is 4.79 Å². The number of carbonyl (C=O) groups is 2. The van der Waals surface area contributed by atoms with E-state index in [-0.39, 0.29) is 18.0 Å². The van der Waals surface area contributed by atoms with Crippen LogP contribution in [0.5, 0.6) is 0 Å². The van der Waals surface area contributed by atoms with Crippen LogP contribution in [-0.2, 0) is 14.3 Å². The van der Waals surface area contributed by atoms with E-state index in [0.29, 0.717) is 6.47 Å². The van der Waals surface area contributed by atoms with Gasteiger partial charge in [-0.3, -0.25) is 9.59 Å². The molecule has 0 saturated carbocycles. The molecule has 1 aromatic carbocycles. The molecule has 27 heavy (non-hydrogen) atoms. The Hall–Kier alpha value is -2.25. The monoisotopic (exact) mass is 389 g/mol. The first-order valence-electron chi connectivity index (χ1n) is 9.11. The average molecular weight is 390 g/mol. The minimum Gasteiger partial charge on any atom is -0.471 e. The van der Waals surface area contributed by atoms with E-state index in [1.165, 1.54) is 17.6 Å². The van der Waals surface area contributed by atoms with Gasteiger partial charge in [0.05, 0.1) is 35.3 Å². The molecule has 2 aromatic rings. The quantitative estimate of drug-likeness (QED) is 0.742. The molecule has 1 aliphatic rings. The third-order valence-electron chi connectivity index (χ3n) is 4.52. The highest BCUT2D eigenvalue weighted by Crippen LogP contribution is 2.28. The predicted octanol–water partition coefficient (Wildman–Crippen LogP) is 3.23. The molecule has 0 bridgehead atoms. The van der Waals surface area contributed by atoms with Crippen molar-refractivity contribution in [2.24, 2.45) is 0 Å². The van der Waals surface area contributed by atoms with E-state index in [1.54, 1.807) is 11.3 Å². The summed E-state index contributed by atoms with van der Waals surface area (Å²) in [6.07, 6.45) is 2.90. The lowest BCUT2D eigenvalue weighted by atomic mass is 10.0. The summed E-state index contributed by atoms with van der Waals surface area (Å²) < 4.78 is 3.86. The molecule has 3 rings (SSSR count). The first-order valence-corrected chi connectivity index (χ1v) is 9.99. The topological polar surface area (TPSA) is 80.3 Å². The van der Waals surface area contributed by atoms with Gasteiger partial charge in [0.15, 0.2) is 0 Å². The number of thiazole rings is 1. The zero-order chi connectivity index (χ0) is 19.6. The molecule has 2 atom stereocenters. The summed E-state index contributed by atoms with van der Waals surface area (Å²) in [5.74, 6) is 0.122. The first kappa shape index (κ1) is 21.1. The molecule has 1 aromatic heterocycles. The number of ether oxygens (including phenoxy) is 1. The number of nitrogens with one attached hydrogen (secondary N) is 2. The van der Waals surface area contributed by atoms with E-state index in [2.05, 4.69) is 51.5 Å². The van der Waals surface area contributed by atoms with Crippen LogP contribution >= 0.6 is 11.3 Å². The largest absolute Gasteiger partial charge is 0.471 e. The Labute approximate surface area is 164 Å². The Kier molecular flexibility index (Phi) is 8.42. The maximum atomic E-state index is 12.3. The molecule has 6 nitrogen and oxygen atoms in total. The van der Waals surface area contributed by atoms with Crippen LogP contribution in [0.3, 0.4) is 0 Å². The van der Waals surface area contributed by atoms with Crippen LogP contribution < -0.4 is 10.6 Å². The molecule has 1 amide bonds. The number of carbonyl (C=O) groups excluding carboxylic acids is 2. The van der Waals surface area contributed by atoms with Gasteiger partial charge < -0.3 is 15.4 Å². The van der Waals surface area contributed by atoms with Crippen LogP contribution in [0.1, 0.15) is 43.5 Å². The number of benzene rings is 1. The summed E-state index contributed by atoms with van der Waals surface area (Å²) in [7, 11) is 1.31. The first-order chi connectivity index (χ1) is 13.1. The Morgan fingerprint density at radius 3 is 2.63 bits per heavy atom. The normalized spacial score (nSPS) is 16.8. The van der Waals surface area contributed by atoms with Crippen LogP contribution in [0.2, 0.25) is 0 Å². The second-order valence-electron chi connectivity index (χ2n) is 6.34. The minimum absolute atomic E-state index is 0.0248. The van der Waals surface area contributed by atoms with Gasteiger partial charge in [0.25, 0.3) is 6.47 Å². The summed E-state index contributed by atoms with van der Waals surface area (Å²) in [6, 6.07) is 8.53. The van der Waals surface area contributed by atoms with Crippen LogP contribution in [0, 0.1) is 6.92 Å². The lowest BCUT2D eigenvalue weighted by Gasteiger charge is -2.20. The Bertz CT molecular complexity index is 724. The zero-order valence-electron chi connectivity index (χ0n) is 16.0. The second-order valence-corrected chi connectivity index (χ2v) is 7.19. The summed E-state index contributed by atoms with van der Waals surface area (Å²) in [6.45, 7) is 5.45. The minimum atomic E-state index is -0.0248. The summed E-state index contributed by atoms with van der Waals surface area (Å²) in [4.78, 5) is 26.8. The number of hydrogen-bond acceptors (Lipinski definition) is 6. The predicted molar refractivity (Wildman–Crippen MR) is 108 cm³/mol. The third-order valence-corrected chi connectivity index (χ3v) is 5.50.